The first-order valence-electron chi connectivity index (χ1n) is 8.24. The number of ether oxygens (including phenoxy) is 1. The number of halogens is 2. The molecule has 7 nitrogen and oxygen atoms in total. The number of hydrogen-bond acceptors (Lipinski definition) is 4. The van der Waals surface area contributed by atoms with Gasteiger partial charge in [-0.1, -0.05) is 12.1 Å². The van der Waals surface area contributed by atoms with Crippen LogP contribution in [0.25, 0.3) is 0 Å². The van der Waals surface area contributed by atoms with Gasteiger partial charge >= 0.3 is 0 Å². The Morgan fingerprint density at radius 3 is 2.69 bits per heavy atom. The maximum absolute atomic E-state index is 13.6. The predicted octanol–water partition coefficient (Wildman–Crippen LogP) is 2.36. The summed E-state index contributed by atoms with van der Waals surface area (Å²) >= 11 is 0. The number of aliphatic imine (C=N–C) groups is 1. The number of aromatic nitrogens is 3. The molecule has 0 amide bonds. The second-order valence-corrected chi connectivity index (χ2v) is 5.59. The van der Waals surface area contributed by atoms with Gasteiger partial charge in [0, 0.05) is 20.6 Å². The van der Waals surface area contributed by atoms with Gasteiger partial charge in [-0.15, -0.1) is 34.2 Å². The highest BCUT2D eigenvalue weighted by molar-refractivity contribution is 14.0. The van der Waals surface area contributed by atoms with Gasteiger partial charge in [-0.05, 0) is 26.0 Å². The summed E-state index contributed by atoms with van der Waals surface area (Å²) in [6.45, 7) is 6.00. The Hall–Kier alpha value is -1.91. The maximum atomic E-state index is 13.6. The molecule has 0 bridgehead atoms. The van der Waals surface area contributed by atoms with Crippen molar-refractivity contribution in [3.63, 3.8) is 0 Å². The van der Waals surface area contributed by atoms with E-state index >= 15 is 0 Å². The van der Waals surface area contributed by atoms with Gasteiger partial charge in [0.05, 0.1) is 6.54 Å². The molecule has 1 aromatic heterocycles. The average molecular weight is 476 g/mol. The van der Waals surface area contributed by atoms with E-state index in [1.807, 2.05) is 37.4 Å². The molecule has 2 rings (SSSR count). The summed E-state index contributed by atoms with van der Waals surface area (Å²) in [5.41, 5.74) is 0. The zero-order valence-electron chi connectivity index (χ0n) is 15.6. The van der Waals surface area contributed by atoms with Gasteiger partial charge in [0.25, 0.3) is 0 Å². The van der Waals surface area contributed by atoms with Crippen molar-refractivity contribution in [2.24, 2.45) is 12.0 Å². The lowest BCUT2D eigenvalue weighted by Gasteiger charge is -2.22. The van der Waals surface area contributed by atoms with E-state index in [1.165, 1.54) is 6.07 Å². The molecule has 0 saturated carbocycles. The SMILES string of the molecule is CCNC(=NCc1nnc(C)n1C)N(C)CCOc1ccccc1F.I. The first kappa shape index (κ1) is 22.1. The zero-order chi connectivity index (χ0) is 18.2. The summed E-state index contributed by atoms with van der Waals surface area (Å²) in [6, 6.07) is 6.38. The van der Waals surface area contributed by atoms with Gasteiger partial charge in [0.2, 0.25) is 0 Å². The molecule has 0 aliphatic rings. The summed E-state index contributed by atoms with van der Waals surface area (Å²) in [7, 11) is 3.83. The normalized spacial score (nSPS) is 11.0. The number of guanidine groups is 1. The van der Waals surface area contributed by atoms with Crippen molar-refractivity contribution in [3.8, 4) is 5.75 Å². The van der Waals surface area contributed by atoms with Crippen molar-refractivity contribution >= 4 is 29.9 Å². The molecular formula is C17H26FIN6O. The number of hydrogen-bond donors (Lipinski definition) is 1. The number of rotatable bonds is 7. The standard InChI is InChI=1S/C17H25FN6O.HI/c1-5-19-17(20-12-16-22-21-13(2)24(16)4)23(3)10-11-25-15-9-7-6-8-14(15)18;/h6-9H,5,10-12H2,1-4H3,(H,19,20);1H. The van der Waals surface area contributed by atoms with E-state index < -0.39 is 0 Å². The third-order valence-electron chi connectivity index (χ3n) is 3.77. The van der Waals surface area contributed by atoms with Crippen LogP contribution in [-0.2, 0) is 13.6 Å². The number of nitrogens with zero attached hydrogens (tertiary/aromatic N) is 5. The van der Waals surface area contributed by atoms with Gasteiger partial charge in [-0.25, -0.2) is 9.38 Å². The van der Waals surface area contributed by atoms with E-state index in [0.717, 1.165) is 24.2 Å². The van der Waals surface area contributed by atoms with Gasteiger partial charge in [-0.3, -0.25) is 0 Å². The van der Waals surface area contributed by atoms with Crippen LogP contribution in [0.4, 0.5) is 4.39 Å². The van der Waals surface area contributed by atoms with Crippen LogP contribution in [0.2, 0.25) is 0 Å². The second-order valence-electron chi connectivity index (χ2n) is 5.59. The molecule has 0 fully saturated rings. The van der Waals surface area contributed by atoms with Gasteiger partial charge in [0.1, 0.15) is 19.0 Å². The van der Waals surface area contributed by atoms with Crippen molar-refractivity contribution in [1.82, 2.24) is 25.0 Å². The highest BCUT2D eigenvalue weighted by atomic mass is 127. The van der Waals surface area contributed by atoms with Crippen LogP contribution in [0.15, 0.2) is 29.3 Å². The molecule has 1 N–H and O–H groups in total. The third kappa shape index (κ3) is 6.11. The fourth-order valence-electron chi connectivity index (χ4n) is 2.16. The highest BCUT2D eigenvalue weighted by Crippen LogP contribution is 2.15. The predicted molar refractivity (Wildman–Crippen MR) is 110 cm³/mol. The Bertz CT molecular complexity index is 721. The second kappa shape index (κ2) is 10.9. The van der Waals surface area contributed by atoms with E-state index in [0.29, 0.717) is 19.7 Å². The first-order valence-corrected chi connectivity index (χ1v) is 8.24. The lowest BCUT2D eigenvalue weighted by molar-refractivity contribution is 0.270. The van der Waals surface area contributed by atoms with Crippen LogP contribution in [-0.4, -0.2) is 52.4 Å². The molecule has 0 unspecified atom stereocenters. The molecule has 9 heteroatoms. The van der Waals surface area contributed by atoms with Crippen molar-refractivity contribution in [3.05, 3.63) is 41.7 Å². The molecule has 0 atom stereocenters. The molecule has 0 saturated heterocycles. The molecule has 1 heterocycles. The minimum absolute atomic E-state index is 0. The molecule has 144 valence electrons. The quantitative estimate of drug-likeness (QED) is 0.378. The summed E-state index contributed by atoms with van der Waals surface area (Å²) in [5, 5.41) is 11.4. The van der Waals surface area contributed by atoms with Crippen LogP contribution in [0.3, 0.4) is 0 Å². The molecule has 2 aromatic rings. The molecule has 0 spiro atoms. The monoisotopic (exact) mass is 476 g/mol. The molecule has 1 aromatic carbocycles. The smallest absolute Gasteiger partial charge is 0.194 e. The number of benzene rings is 1. The van der Waals surface area contributed by atoms with Gasteiger partial charge in [-0.2, -0.15) is 0 Å². The minimum Gasteiger partial charge on any atom is -0.489 e. The third-order valence-corrected chi connectivity index (χ3v) is 3.77. The van der Waals surface area contributed by atoms with E-state index in [4.69, 9.17) is 4.74 Å². The lowest BCUT2D eigenvalue weighted by atomic mass is 10.3. The Kier molecular flexibility index (Phi) is 9.31. The molecule has 0 aliphatic carbocycles. The van der Waals surface area contributed by atoms with Crippen LogP contribution in [0, 0.1) is 12.7 Å². The molecular weight excluding hydrogens is 450 g/mol. The van der Waals surface area contributed by atoms with Crippen LogP contribution < -0.4 is 10.1 Å². The first-order chi connectivity index (χ1) is 12.0. The van der Waals surface area contributed by atoms with E-state index in [-0.39, 0.29) is 35.5 Å². The number of para-hydroxylation sites is 1. The Morgan fingerprint density at radius 2 is 2.08 bits per heavy atom. The number of aryl methyl sites for hydroxylation is 1. The van der Waals surface area contributed by atoms with Crippen molar-refractivity contribution in [2.75, 3.05) is 26.7 Å². The molecule has 0 radical (unpaired) electrons. The Balaban J connectivity index is 0.00000338. The van der Waals surface area contributed by atoms with E-state index in [1.54, 1.807) is 18.2 Å². The summed E-state index contributed by atoms with van der Waals surface area (Å²) < 4.78 is 21.0. The largest absolute Gasteiger partial charge is 0.489 e. The highest BCUT2D eigenvalue weighted by Gasteiger charge is 2.09. The Morgan fingerprint density at radius 1 is 1.35 bits per heavy atom. The van der Waals surface area contributed by atoms with E-state index in [9.17, 15) is 4.39 Å². The van der Waals surface area contributed by atoms with Crippen molar-refractivity contribution < 1.29 is 9.13 Å². The molecule has 0 aliphatic heterocycles. The summed E-state index contributed by atoms with van der Waals surface area (Å²) in [4.78, 5) is 6.52. The average Bonchev–Trinajstić information content (AvgIpc) is 2.92. The van der Waals surface area contributed by atoms with Crippen molar-refractivity contribution in [1.29, 1.82) is 0 Å². The van der Waals surface area contributed by atoms with Crippen LogP contribution >= 0.6 is 24.0 Å². The van der Waals surface area contributed by atoms with Gasteiger partial charge in [0.15, 0.2) is 23.4 Å². The number of likely N-dealkylation sites (N-methyl/N-ethyl adjacent to an activating group) is 1. The fraction of sp³-hybridized carbons (Fsp3) is 0.471. The number of nitrogens with one attached hydrogen (secondary N) is 1. The zero-order valence-corrected chi connectivity index (χ0v) is 17.9. The Labute approximate surface area is 170 Å². The lowest BCUT2D eigenvalue weighted by Crippen LogP contribution is -2.41. The fourth-order valence-corrected chi connectivity index (χ4v) is 2.16. The van der Waals surface area contributed by atoms with Gasteiger partial charge < -0.3 is 19.5 Å². The van der Waals surface area contributed by atoms with E-state index in [2.05, 4.69) is 20.5 Å². The van der Waals surface area contributed by atoms with Crippen LogP contribution in [0.5, 0.6) is 5.75 Å². The summed E-state index contributed by atoms with van der Waals surface area (Å²) in [6.07, 6.45) is 0. The minimum atomic E-state index is -0.358. The van der Waals surface area contributed by atoms with Crippen molar-refractivity contribution in [2.45, 2.75) is 20.4 Å². The topological polar surface area (TPSA) is 67.6 Å². The maximum Gasteiger partial charge on any atom is 0.194 e. The summed E-state index contributed by atoms with van der Waals surface area (Å²) in [5.74, 6) is 2.28. The van der Waals surface area contributed by atoms with Crippen LogP contribution in [0.1, 0.15) is 18.6 Å². The molecule has 26 heavy (non-hydrogen) atoms.